The number of carboxylic acids is 1. The molecule has 0 aromatic carbocycles. The molecule has 86 valence electrons. The molecule has 2 atom stereocenters. The number of rotatable bonds is 5. The fourth-order valence-electron chi connectivity index (χ4n) is 0.850. The van der Waals surface area contributed by atoms with Crippen molar-refractivity contribution in [1.29, 1.82) is 0 Å². The topological polar surface area (TPSA) is 116 Å². The Balaban J connectivity index is 4.44. The van der Waals surface area contributed by atoms with Crippen LogP contribution in [-0.4, -0.2) is 47.2 Å². The summed E-state index contributed by atoms with van der Waals surface area (Å²) < 4.78 is 0. The Bertz CT molecular complexity index is 264. The third kappa shape index (κ3) is 4.96. The Kier molecular flexibility index (Phi) is 5.32. The van der Waals surface area contributed by atoms with Crippen molar-refractivity contribution in [2.24, 2.45) is 0 Å². The molecule has 0 rings (SSSR count). The van der Waals surface area contributed by atoms with Gasteiger partial charge in [-0.15, -0.1) is 0 Å². The summed E-state index contributed by atoms with van der Waals surface area (Å²) >= 11 is 0. The van der Waals surface area contributed by atoms with E-state index in [-0.39, 0.29) is 0 Å². The lowest BCUT2D eigenvalue weighted by atomic mass is 10.2. The summed E-state index contributed by atoms with van der Waals surface area (Å²) in [4.78, 5) is 32.5. The Hall–Kier alpha value is -1.63. The van der Waals surface area contributed by atoms with Gasteiger partial charge in [0.25, 0.3) is 0 Å². The minimum Gasteiger partial charge on any atom is -0.481 e. The van der Waals surface area contributed by atoms with Crippen LogP contribution in [0, 0.1) is 0 Å². The van der Waals surface area contributed by atoms with Gasteiger partial charge in [0.1, 0.15) is 12.1 Å². The summed E-state index contributed by atoms with van der Waals surface area (Å²) in [7, 11) is 1.33. The van der Waals surface area contributed by atoms with Gasteiger partial charge >= 0.3 is 5.97 Å². The third-order valence-electron chi connectivity index (χ3n) is 1.64. The first-order chi connectivity index (χ1) is 6.88. The summed E-state index contributed by atoms with van der Waals surface area (Å²) in [5.41, 5.74) is 0. The average Bonchev–Trinajstić information content (AvgIpc) is 2.14. The van der Waals surface area contributed by atoms with E-state index in [0.29, 0.717) is 0 Å². The van der Waals surface area contributed by atoms with Crippen LogP contribution in [-0.2, 0) is 14.4 Å². The number of aliphatic hydroxyl groups excluding tert-OH is 1. The van der Waals surface area contributed by atoms with Crippen LogP contribution in [0.4, 0.5) is 0 Å². The largest absolute Gasteiger partial charge is 0.481 e. The zero-order valence-electron chi connectivity index (χ0n) is 8.48. The summed E-state index contributed by atoms with van der Waals surface area (Å²) in [6.45, 7) is 1.22. The van der Waals surface area contributed by atoms with E-state index in [0.717, 1.165) is 0 Å². The van der Waals surface area contributed by atoms with Crippen LogP contribution in [0.5, 0.6) is 0 Å². The van der Waals surface area contributed by atoms with Crippen LogP contribution in [0.15, 0.2) is 0 Å². The quantitative estimate of drug-likeness (QED) is 0.429. The maximum Gasteiger partial charge on any atom is 0.305 e. The SMILES string of the molecule is CNC(=O)[C@H](CC(=O)O)NC(=O)C(C)O. The number of carbonyl (C=O) groups is 3. The van der Waals surface area contributed by atoms with E-state index in [1.165, 1.54) is 14.0 Å². The Morgan fingerprint density at radius 2 is 1.80 bits per heavy atom. The highest BCUT2D eigenvalue weighted by molar-refractivity contribution is 5.91. The molecule has 2 amide bonds. The third-order valence-corrected chi connectivity index (χ3v) is 1.64. The Morgan fingerprint density at radius 1 is 1.27 bits per heavy atom. The lowest BCUT2D eigenvalue weighted by Crippen LogP contribution is -2.49. The van der Waals surface area contributed by atoms with E-state index in [2.05, 4.69) is 10.6 Å². The van der Waals surface area contributed by atoms with Gasteiger partial charge in [0.05, 0.1) is 6.42 Å². The van der Waals surface area contributed by atoms with Crippen LogP contribution in [0.25, 0.3) is 0 Å². The van der Waals surface area contributed by atoms with Gasteiger partial charge < -0.3 is 20.8 Å². The maximum atomic E-state index is 11.1. The van der Waals surface area contributed by atoms with Crippen molar-refractivity contribution in [1.82, 2.24) is 10.6 Å². The van der Waals surface area contributed by atoms with Crippen LogP contribution in [0.3, 0.4) is 0 Å². The molecular formula is C8H14N2O5. The highest BCUT2D eigenvalue weighted by Crippen LogP contribution is 1.94. The molecule has 4 N–H and O–H groups in total. The maximum absolute atomic E-state index is 11.1. The first-order valence-corrected chi connectivity index (χ1v) is 4.30. The first-order valence-electron chi connectivity index (χ1n) is 4.30. The summed E-state index contributed by atoms with van der Waals surface area (Å²) in [6, 6.07) is -1.17. The Labute approximate surface area is 86.5 Å². The second-order valence-electron chi connectivity index (χ2n) is 2.95. The van der Waals surface area contributed by atoms with Crippen molar-refractivity contribution in [2.75, 3.05) is 7.05 Å². The second-order valence-corrected chi connectivity index (χ2v) is 2.95. The van der Waals surface area contributed by atoms with E-state index >= 15 is 0 Å². The molecule has 0 heterocycles. The number of carbonyl (C=O) groups excluding carboxylic acids is 2. The number of aliphatic hydroxyl groups is 1. The molecule has 7 nitrogen and oxygen atoms in total. The summed E-state index contributed by atoms with van der Waals surface area (Å²) in [6.07, 6.45) is -1.82. The number of hydrogen-bond acceptors (Lipinski definition) is 4. The number of likely N-dealkylation sites (N-methyl/N-ethyl adjacent to an activating group) is 1. The lowest BCUT2D eigenvalue weighted by Gasteiger charge is -2.16. The molecule has 0 aromatic heterocycles. The molecule has 0 bridgehead atoms. The van der Waals surface area contributed by atoms with Crippen LogP contribution in [0.1, 0.15) is 13.3 Å². The van der Waals surface area contributed by atoms with E-state index in [9.17, 15) is 14.4 Å². The van der Waals surface area contributed by atoms with E-state index < -0.39 is 36.4 Å². The summed E-state index contributed by atoms with van der Waals surface area (Å²) in [5.74, 6) is -2.62. The number of nitrogens with one attached hydrogen (secondary N) is 2. The number of hydrogen-bond donors (Lipinski definition) is 4. The number of amides is 2. The molecule has 7 heteroatoms. The average molecular weight is 218 g/mol. The van der Waals surface area contributed by atoms with Crippen molar-refractivity contribution >= 4 is 17.8 Å². The van der Waals surface area contributed by atoms with Gasteiger partial charge in [-0.3, -0.25) is 14.4 Å². The molecule has 0 fully saturated rings. The van der Waals surface area contributed by atoms with Crippen LogP contribution >= 0.6 is 0 Å². The molecule has 0 spiro atoms. The van der Waals surface area contributed by atoms with Gasteiger partial charge in [0.15, 0.2) is 0 Å². The lowest BCUT2D eigenvalue weighted by molar-refractivity contribution is -0.141. The molecule has 0 aliphatic heterocycles. The highest BCUT2D eigenvalue weighted by Gasteiger charge is 2.23. The van der Waals surface area contributed by atoms with Gasteiger partial charge in [-0.25, -0.2) is 0 Å². The molecule has 0 saturated heterocycles. The molecule has 1 unspecified atom stereocenters. The van der Waals surface area contributed by atoms with Crippen LogP contribution < -0.4 is 10.6 Å². The molecule has 0 radical (unpaired) electrons. The van der Waals surface area contributed by atoms with Gasteiger partial charge in [-0.05, 0) is 6.92 Å². The van der Waals surface area contributed by atoms with E-state index in [1.54, 1.807) is 0 Å². The van der Waals surface area contributed by atoms with Gasteiger partial charge in [0, 0.05) is 7.05 Å². The minimum atomic E-state index is -1.29. The van der Waals surface area contributed by atoms with E-state index in [4.69, 9.17) is 10.2 Å². The zero-order chi connectivity index (χ0) is 12.0. The normalized spacial score (nSPS) is 13.8. The Morgan fingerprint density at radius 3 is 2.13 bits per heavy atom. The van der Waals surface area contributed by atoms with Crippen molar-refractivity contribution in [3.8, 4) is 0 Å². The van der Waals surface area contributed by atoms with Gasteiger partial charge in [0.2, 0.25) is 11.8 Å². The molecule has 0 aromatic rings. The van der Waals surface area contributed by atoms with E-state index in [1.807, 2.05) is 0 Å². The van der Waals surface area contributed by atoms with Crippen molar-refractivity contribution in [2.45, 2.75) is 25.5 Å². The fraction of sp³-hybridized carbons (Fsp3) is 0.625. The molecule has 15 heavy (non-hydrogen) atoms. The van der Waals surface area contributed by atoms with Crippen LogP contribution in [0.2, 0.25) is 0 Å². The zero-order valence-corrected chi connectivity index (χ0v) is 8.48. The predicted octanol–water partition coefficient (Wildman–Crippen LogP) is -1.93. The summed E-state index contributed by atoms with van der Waals surface area (Å²) in [5, 5.41) is 21.7. The monoisotopic (exact) mass is 218 g/mol. The molecular weight excluding hydrogens is 204 g/mol. The molecule has 0 saturated carbocycles. The fourth-order valence-corrected chi connectivity index (χ4v) is 0.850. The van der Waals surface area contributed by atoms with Crippen molar-refractivity contribution in [3.05, 3.63) is 0 Å². The smallest absolute Gasteiger partial charge is 0.305 e. The second kappa shape index (κ2) is 5.97. The molecule has 0 aliphatic carbocycles. The first kappa shape index (κ1) is 13.4. The highest BCUT2D eigenvalue weighted by atomic mass is 16.4. The minimum absolute atomic E-state index is 0.530. The van der Waals surface area contributed by atoms with Gasteiger partial charge in [-0.1, -0.05) is 0 Å². The standard InChI is InChI=1S/C8H14N2O5/c1-4(11)7(14)10-5(3-6(12)13)8(15)9-2/h4-5,11H,3H2,1-2H3,(H,9,15)(H,10,14)(H,12,13)/t4?,5-/m0/s1. The molecule has 0 aliphatic rings. The number of carboxylic acid groups (broad SMARTS) is 1. The van der Waals surface area contributed by atoms with Crippen molar-refractivity contribution in [3.63, 3.8) is 0 Å². The number of aliphatic carboxylic acids is 1. The van der Waals surface area contributed by atoms with Gasteiger partial charge in [-0.2, -0.15) is 0 Å². The predicted molar refractivity (Wildman–Crippen MR) is 49.9 cm³/mol. The van der Waals surface area contributed by atoms with Crippen molar-refractivity contribution < 1.29 is 24.6 Å².